The van der Waals surface area contributed by atoms with Crippen molar-refractivity contribution in [1.82, 2.24) is 9.71 Å². The van der Waals surface area contributed by atoms with Gasteiger partial charge in [-0.3, -0.25) is 9.78 Å². The molecular formula is C9H12N2O7. The van der Waals surface area contributed by atoms with Crippen molar-refractivity contribution in [1.29, 1.82) is 0 Å². The van der Waals surface area contributed by atoms with Crippen molar-refractivity contribution in [3.63, 3.8) is 0 Å². The van der Waals surface area contributed by atoms with Gasteiger partial charge in [0.2, 0.25) is 0 Å². The second kappa shape index (κ2) is 4.90. The minimum Gasteiger partial charge on any atom is -0.394 e. The van der Waals surface area contributed by atoms with Crippen molar-refractivity contribution >= 4 is 0 Å². The first-order chi connectivity index (χ1) is 8.52. The first kappa shape index (κ1) is 12.8. The summed E-state index contributed by atoms with van der Waals surface area (Å²) in [6.07, 6.45) is -4.00. The van der Waals surface area contributed by atoms with Gasteiger partial charge < -0.3 is 24.9 Å². The van der Waals surface area contributed by atoms with Gasteiger partial charge in [-0.05, 0) is 0 Å². The smallest absolute Gasteiger partial charge is 0.361 e. The van der Waals surface area contributed by atoms with Crippen LogP contribution in [0.15, 0.2) is 21.9 Å². The van der Waals surface area contributed by atoms with Crippen molar-refractivity contribution in [2.24, 2.45) is 0 Å². The Bertz CT molecular complexity index is 524. The minimum atomic E-state index is -1.42. The number of ether oxygens (including phenoxy) is 1. The summed E-state index contributed by atoms with van der Waals surface area (Å²) in [5.41, 5.74) is -1.44. The van der Waals surface area contributed by atoms with Crippen LogP contribution in [0.4, 0.5) is 0 Å². The van der Waals surface area contributed by atoms with E-state index >= 15 is 0 Å². The number of aromatic amines is 1. The fourth-order valence-corrected chi connectivity index (χ4v) is 1.55. The summed E-state index contributed by atoms with van der Waals surface area (Å²) >= 11 is 0. The van der Waals surface area contributed by atoms with Crippen LogP contribution in [-0.2, 0) is 4.74 Å². The molecule has 4 N–H and O–H groups in total. The quantitative estimate of drug-likeness (QED) is 0.441. The van der Waals surface area contributed by atoms with Crippen LogP contribution in [0.25, 0.3) is 0 Å². The average molecular weight is 260 g/mol. The van der Waals surface area contributed by atoms with E-state index in [4.69, 9.17) is 14.7 Å². The van der Waals surface area contributed by atoms with E-state index in [0.717, 1.165) is 12.3 Å². The standard InChI is InChI=1S/C9H12N2O7/c12-3-4-6(14)7(15)8(17-4)18-11-2-1-5(13)10-9(11)16/h1-2,4,6-8,12,14-15H,3H2,(H,10,13,16)/t4-,6-,7+,8+/m1/s1. The van der Waals surface area contributed by atoms with Crippen LogP contribution in [0.5, 0.6) is 0 Å². The number of H-pyrrole nitrogens is 1. The Kier molecular flexibility index (Phi) is 3.48. The van der Waals surface area contributed by atoms with E-state index in [0.29, 0.717) is 4.73 Å². The molecule has 1 aliphatic heterocycles. The highest BCUT2D eigenvalue weighted by molar-refractivity contribution is 4.87. The Balaban J connectivity index is 2.15. The Labute approximate surface area is 99.8 Å². The van der Waals surface area contributed by atoms with Gasteiger partial charge in [-0.25, -0.2) is 4.79 Å². The van der Waals surface area contributed by atoms with Crippen molar-refractivity contribution in [2.75, 3.05) is 6.61 Å². The second-order valence-corrected chi connectivity index (χ2v) is 3.75. The molecule has 1 fully saturated rings. The number of hydrogen-bond acceptors (Lipinski definition) is 7. The van der Waals surface area contributed by atoms with Gasteiger partial charge >= 0.3 is 5.69 Å². The lowest BCUT2D eigenvalue weighted by Gasteiger charge is -2.16. The molecule has 100 valence electrons. The van der Waals surface area contributed by atoms with Gasteiger partial charge in [-0.1, -0.05) is 0 Å². The second-order valence-electron chi connectivity index (χ2n) is 3.75. The molecule has 1 saturated heterocycles. The normalized spacial score (nSPS) is 31.5. The average Bonchev–Trinajstić information content (AvgIpc) is 2.60. The SMILES string of the molecule is O=c1ccn(O[C@@H]2O[C@H](CO)[C@@H](O)[C@@H]2O)c(=O)[nH]1. The molecule has 9 nitrogen and oxygen atoms in total. The molecule has 0 aromatic carbocycles. The first-order valence-electron chi connectivity index (χ1n) is 5.14. The highest BCUT2D eigenvalue weighted by Gasteiger charge is 2.44. The molecule has 0 aliphatic carbocycles. The molecule has 0 saturated carbocycles. The van der Waals surface area contributed by atoms with Crippen molar-refractivity contribution in [3.8, 4) is 0 Å². The van der Waals surface area contributed by atoms with Crippen molar-refractivity contribution in [2.45, 2.75) is 24.6 Å². The number of aliphatic hydroxyl groups is 3. The molecule has 0 radical (unpaired) electrons. The molecule has 1 aromatic rings. The minimum absolute atomic E-state index is 0.501. The van der Waals surface area contributed by atoms with Gasteiger partial charge in [-0.15, -0.1) is 4.73 Å². The van der Waals surface area contributed by atoms with Crippen LogP contribution in [0, 0.1) is 0 Å². The van der Waals surface area contributed by atoms with Crippen LogP contribution in [0.1, 0.15) is 0 Å². The number of aromatic nitrogens is 2. The summed E-state index contributed by atoms with van der Waals surface area (Å²) in [6.45, 7) is -0.501. The lowest BCUT2D eigenvalue weighted by Crippen LogP contribution is -2.42. The molecule has 2 heterocycles. The third-order valence-electron chi connectivity index (χ3n) is 2.51. The number of nitrogens with zero attached hydrogens (tertiary/aromatic N) is 1. The topological polar surface area (TPSA) is 134 Å². The number of nitrogens with one attached hydrogen (secondary N) is 1. The molecule has 0 spiro atoms. The van der Waals surface area contributed by atoms with E-state index in [9.17, 15) is 19.8 Å². The Morgan fingerprint density at radius 3 is 2.67 bits per heavy atom. The predicted octanol–water partition coefficient (Wildman–Crippen LogP) is -3.60. The third kappa shape index (κ3) is 2.29. The summed E-state index contributed by atoms with van der Waals surface area (Å²) in [7, 11) is 0. The van der Waals surface area contributed by atoms with E-state index in [1.807, 2.05) is 4.98 Å². The highest BCUT2D eigenvalue weighted by atomic mass is 16.8. The molecule has 4 atom stereocenters. The predicted molar refractivity (Wildman–Crippen MR) is 55.7 cm³/mol. The summed E-state index contributed by atoms with van der Waals surface area (Å²) in [6, 6.07) is 1.04. The molecule has 9 heteroatoms. The zero-order valence-electron chi connectivity index (χ0n) is 9.09. The van der Waals surface area contributed by atoms with Crippen molar-refractivity contribution < 1.29 is 24.9 Å². The maximum absolute atomic E-state index is 11.3. The maximum atomic E-state index is 11.3. The largest absolute Gasteiger partial charge is 0.394 e. The number of rotatable bonds is 3. The highest BCUT2D eigenvalue weighted by Crippen LogP contribution is 2.19. The van der Waals surface area contributed by atoms with Gasteiger partial charge in [0.15, 0.2) is 0 Å². The van der Waals surface area contributed by atoms with E-state index in [2.05, 4.69) is 0 Å². The van der Waals surface area contributed by atoms with E-state index in [1.54, 1.807) is 0 Å². The zero-order valence-corrected chi connectivity index (χ0v) is 9.09. The van der Waals surface area contributed by atoms with Crippen molar-refractivity contribution in [3.05, 3.63) is 33.1 Å². The Morgan fingerprint density at radius 1 is 1.39 bits per heavy atom. The summed E-state index contributed by atoms with van der Waals surface area (Å²) in [5, 5.41) is 27.9. The summed E-state index contributed by atoms with van der Waals surface area (Å²) in [4.78, 5) is 29.0. The van der Waals surface area contributed by atoms with Crippen LogP contribution < -0.4 is 16.1 Å². The van der Waals surface area contributed by atoms with Gasteiger partial charge in [0.25, 0.3) is 11.8 Å². The Hall–Kier alpha value is -1.68. The number of hydrogen-bond donors (Lipinski definition) is 4. The van der Waals surface area contributed by atoms with Crippen LogP contribution in [0.3, 0.4) is 0 Å². The van der Waals surface area contributed by atoms with Gasteiger partial charge in [0, 0.05) is 6.07 Å². The third-order valence-corrected chi connectivity index (χ3v) is 2.51. The molecule has 18 heavy (non-hydrogen) atoms. The fraction of sp³-hybridized carbons (Fsp3) is 0.556. The molecule has 0 bridgehead atoms. The molecule has 0 amide bonds. The number of aliphatic hydroxyl groups excluding tert-OH is 3. The zero-order chi connectivity index (χ0) is 13.3. The molecule has 1 aromatic heterocycles. The van der Waals surface area contributed by atoms with E-state index in [1.165, 1.54) is 0 Å². The molecular weight excluding hydrogens is 248 g/mol. The lowest BCUT2D eigenvalue weighted by molar-refractivity contribution is -0.174. The summed E-state index contributed by atoms with van der Waals surface area (Å²) in [5.74, 6) is 0. The molecule has 1 aliphatic rings. The van der Waals surface area contributed by atoms with E-state index < -0.39 is 42.5 Å². The monoisotopic (exact) mass is 260 g/mol. The van der Waals surface area contributed by atoms with Crippen LogP contribution >= 0.6 is 0 Å². The fourth-order valence-electron chi connectivity index (χ4n) is 1.55. The van der Waals surface area contributed by atoms with Crippen LogP contribution in [-0.4, -0.2) is 56.2 Å². The summed E-state index contributed by atoms with van der Waals surface area (Å²) < 4.78 is 5.65. The maximum Gasteiger partial charge on any atom is 0.361 e. The Morgan fingerprint density at radius 2 is 2.11 bits per heavy atom. The first-order valence-corrected chi connectivity index (χ1v) is 5.14. The van der Waals surface area contributed by atoms with Gasteiger partial charge in [0.1, 0.15) is 18.3 Å². The van der Waals surface area contributed by atoms with E-state index in [-0.39, 0.29) is 0 Å². The van der Waals surface area contributed by atoms with Gasteiger partial charge in [-0.2, -0.15) is 0 Å². The lowest BCUT2D eigenvalue weighted by atomic mass is 10.1. The van der Waals surface area contributed by atoms with Gasteiger partial charge in [0.05, 0.1) is 12.8 Å². The van der Waals surface area contributed by atoms with Crippen LogP contribution in [0.2, 0.25) is 0 Å². The molecule has 2 rings (SSSR count). The molecule has 0 unspecified atom stereocenters.